The number of benzene rings is 1. The summed E-state index contributed by atoms with van der Waals surface area (Å²) in [7, 11) is 0. The van der Waals surface area contributed by atoms with E-state index in [0.717, 1.165) is 22.8 Å². The van der Waals surface area contributed by atoms with E-state index >= 15 is 0 Å². The van der Waals surface area contributed by atoms with Gasteiger partial charge in [-0.1, -0.05) is 35.3 Å². The fourth-order valence-corrected chi connectivity index (χ4v) is 2.37. The molecule has 2 rings (SSSR count). The van der Waals surface area contributed by atoms with Crippen molar-refractivity contribution in [3.8, 4) is 0 Å². The van der Waals surface area contributed by atoms with Gasteiger partial charge in [-0.2, -0.15) is 0 Å². The summed E-state index contributed by atoms with van der Waals surface area (Å²) in [6.45, 7) is 5.97. The zero-order chi connectivity index (χ0) is 13.5. The second kappa shape index (κ2) is 7.51. The first-order valence-electron chi connectivity index (χ1n) is 6.90. The van der Waals surface area contributed by atoms with Crippen molar-refractivity contribution in [1.82, 2.24) is 4.90 Å². The second-order valence-corrected chi connectivity index (χ2v) is 5.36. The predicted octanol–water partition coefficient (Wildman–Crippen LogP) is 3.57. The Hall–Kier alpha value is -1.06. The lowest BCUT2D eigenvalue weighted by Gasteiger charge is -2.25. The summed E-state index contributed by atoms with van der Waals surface area (Å²) in [6, 6.07) is 7.64. The first-order chi connectivity index (χ1) is 9.25. The van der Waals surface area contributed by atoms with Gasteiger partial charge in [-0.05, 0) is 50.6 Å². The van der Waals surface area contributed by atoms with Gasteiger partial charge in [0.05, 0.1) is 5.71 Å². The number of hydrogen-bond donors (Lipinski definition) is 0. The van der Waals surface area contributed by atoms with Crippen LogP contribution in [0.3, 0.4) is 0 Å². The lowest BCUT2D eigenvalue weighted by atomic mass is 10.1. The molecule has 0 saturated carbocycles. The van der Waals surface area contributed by atoms with Crippen LogP contribution in [0.25, 0.3) is 0 Å². The monoisotopic (exact) mass is 280 g/mol. The molecule has 0 spiro atoms. The molecule has 19 heavy (non-hydrogen) atoms. The standard InChI is InChI=1S/C15H21ClN2O/c1-13(14-5-7-15(16)8-6-14)17-19-12-11-18-9-3-2-4-10-18/h5-8H,2-4,9-12H2,1H3. The number of oxime groups is 1. The summed E-state index contributed by atoms with van der Waals surface area (Å²) >= 11 is 5.85. The molecule has 0 N–H and O–H groups in total. The predicted molar refractivity (Wildman–Crippen MR) is 79.9 cm³/mol. The Bertz CT molecular complexity index is 411. The SMILES string of the molecule is CC(=NOCCN1CCCCC1)c1ccc(Cl)cc1. The molecule has 0 atom stereocenters. The van der Waals surface area contributed by atoms with Gasteiger partial charge in [-0.25, -0.2) is 0 Å². The van der Waals surface area contributed by atoms with Crippen LogP contribution in [0.4, 0.5) is 0 Å². The van der Waals surface area contributed by atoms with Gasteiger partial charge >= 0.3 is 0 Å². The van der Waals surface area contributed by atoms with Gasteiger partial charge in [0.15, 0.2) is 0 Å². The summed E-state index contributed by atoms with van der Waals surface area (Å²) in [5.74, 6) is 0. The van der Waals surface area contributed by atoms with E-state index in [1.165, 1.54) is 32.4 Å². The van der Waals surface area contributed by atoms with Crippen molar-refractivity contribution >= 4 is 17.3 Å². The lowest BCUT2D eigenvalue weighted by Crippen LogP contribution is -2.32. The Balaban J connectivity index is 1.73. The summed E-state index contributed by atoms with van der Waals surface area (Å²) in [6.07, 6.45) is 3.99. The highest BCUT2D eigenvalue weighted by molar-refractivity contribution is 6.30. The van der Waals surface area contributed by atoms with Crippen LogP contribution in [-0.4, -0.2) is 36.9 Å². The number of halogens is 1. The summed E-state index contributed by atoms with van der Waals surface area (Å²) in [5.41, 5.74) is 1.93. The van der Waals surface area contributed by atoms with Crippen LogP contribution in [0.1, 0.15) is 31.7 Å². The van der Waals surface area contributed by atoms with E-state index in [9.17, 15) is 0 Å². The molecule has 1 heterocycles. The van der Waals surface area contributed by atoms with E-state index in [0.29, 0.717) is 6.61 Å². The van der Waals surface area contributed by atoms with E-state index in [-0.39, 0.29) is 0 Å². The summed E-state index contributed by atoms with van der Waals surface area (Å²) < 4.78 is 0. The fraction of sp³-hybridized carbons (Fsp3) is 0.533. The zero-order valence-electron chi connectivity index (χ0n) is 11.4. The van der Waals surface area contributed by atoms with Gasteiger partial charge in [0.25, 0.3) is 0 Å². The van der Waals surface area contributed by atoms with E-state index in [1.54, 1.807) is 0 Å². The summed E-state index contributed by atoms with van der Waals surface area (Å²) in [5, 5.41) is 4.89. The average Bonchev–Trinajstić information content (AvgIpc) is 2.45. The first-order valence-corrected chi connectivity index (χ1v) is 7.28. The minimum absolute atomic E-state index is 0.658. The Kier molecular flexibility index (Phi) is 5.67. The number of likely N-dealkylation sites (tertiary alicyclic amines) is 1. The Morgan fingerprint density at radius 3 is 2.58 bits per heavy atom. The molecule has 0 radical (unpaired) electrons. The number of hydrogen-bond acceptors (Lipinski definition) is 3. The highest BCUT2D eigenvalue weighted by Gasteiger charge is 2.09. The van der Waals surface area contributed by atoms with Crippen molar-refractivity contribution in [2.45, 2.75) is 26.2 Å². The third-order valence-electron chi connectivity index (χ3n) is 3.41. The number of rotatable bonds is 5. The van der Waals surface area contributed by atoms with Crippen LogP contribution in [0.2, 0.25) is 5.02 Å². The molecular formula is C15H21ClN2O. The maximum absolute atomic E-state index is 5.85. The molecular weight excluding hydrogens is 260 g/mol. The van der Waals surface area contributed by atoms with Crippen LogP contribution in [0, 0.1) is 0 Å². The molecule has 0 bridgehead atoms. The maximum Gasteiger partial charge on any atom is 0.129 e. The van der Waals surface area contributed by atoms with Gasteiger partial charge in [0.1, 0.15) is 6.61 Å². The highest BCUT2D eigenvalue weighted by atomic mass is 35.5. The second-order valence-electron chi connectivity index (χ2n) is 4.92. The molecule has 1 fully saturated rings. The van der Waals surface area contributed by atoms with Crippen molar-refractivity contribution in [1.29, 1.82) is 0 Å². The Morgan fingerprint density at radius 2 is 1.89 bits per heavy atom. The first kappa shape index (κ1) is 14.4. The molecule has 1 aromatic rings. The number of nitrogens with zero attached hydrogens (tertiary/aromatic N) is 2. The number of piperidine rings is 1. The van der Waals surface area contributed by atoms with Gasteiger partial charge in [-0.3, -0.25) is 4.90 Å². The van der Waals surface area contributed by atoms with Gasteiger partial charge in [0.2, 0.25) is 0 Å². The highest BCUT2D eigenvalue weighted by Crippen LogP contribution is 2.11. The van der Waals surface area contributed by atoms with Crippen molar-refractivity contribution < 1.29 is 4.84 Å². The summed E-state index contributed by atoms with van der Waals surface area (Å²) in [4.78, 5) is 7.84. The van der Waals surface area contributed by atoms with Crippen LogP contribution in [-0.2, 0) is 4.84 Å². The van der Waals surface area contributed by atoms with E-state index in [4.69, 9.17) is 16.4 Å². The smallest absolute Gasteiger partial charge is 0.129 e. The van der Waals surface area contributed by atoms with Gasteiger partial charge < -0.3 is 4.84 Å². The van der Waals surface area contributed by atoms with Gasteiger partial charge in [0, 0.05) is 11.6 Å². The average molecular weight is 281 g/mol. The maximum atomic E-state index is 5.85. The molecule has 1 aliphatic heterocycles. The zero-order valence-corrected chi connectivity index (χ0v) is 12.2. The Labute approximate surface area is 120 Å². The minimum atomic E-state index is 0.658. The van der Waals surface area contributed by atoms with Crippen molar-refractivity contribution in [2.24, 2.45) is 5.16 Å². The van der Waals surface area contributed by atoms with Crippen molar-refractivity contribution in [3.05, 3.63) is 34.9 Å². The quantitative estimate of drug-likeness (QED) is 0.468. The molecule has 1 aliphatic rings. The van der Waals surface area contributed by atoms with E-state index in [1.807, 2.05) is 31.2 Å². The molecule has 1 aromatic carbocycles. The van der Waals surface area contributed by atoms with E-state index < -0.39 is 0 Å². The lowest BCUT2D eigenvalue weighted by molar-refractivity contribution is 0.102. The molecule has 0 aliphatic carbocycles. The van der Waals surface area contributed by atoms with Gasteiger partial charge in [-0.15, -0.1) is 0 Å². The molecule has 0 aromatic heterocycles. The molecule has 0 amide bonds. The van der Waals surface area contributed by atoms with Crippen LogP contribution < -0.4 is 0 Å². The normalized spacial score (nSPS) is 17.5. The third kappa shape index (κ3) is 4.84. The molecule has 0 unspecified atom stereocenters. The molecule has 104 valence electrons. The third-order valence-corrected chi connectivity index (χ3v) is 3.66. The molecule has 1 saturated heterocycles. The van der Waals surface area contributed by atoms with Crippen LogP contribution in [0.5, 0.6) is 0 Å². The van der Waals surface area contributed by atoms with Crippen LogP contribution >= 0.6 is 11.6 Å². The largest absolute Gasteiger partial charge is 0.394 e. The molecule has 3 nitrogen and oxygen atoms in total. The van der Waals surface area contributed by atoms with Crippen molar-refractivity contribution in [2.75, 3.05) is 26.2 Å². The fourth-order valence-electron chi connectivity index (χ4n) is 2.24. The topological polar surface area (TPSA) is 24.8 Å². The Morgan fingerprint density at radius 1 is 1.21 bits per heavy atom. The van der Waals surface area contributed by atoms with E-state index in [2.05, 4.69) is 10.1 Å². The molecule has 4 heteroatoms. The van der Waals surface area contributed by atoms with Crippen molar-refractivity contribution in [3.63, 3.8) is 0 Å². The minimum Gasteiger partial charge on any atom is -0.394 e. The van der Waals surface area contributed by atoms with Crippen LogP contribution in [0.15, 0.2) is 29.4 Å².